The zero-order valence-electron chi connectivity index (χ0n) is 17.8. The van der Waals surface area contributed by atoms with Crippen LogP contribution in [-0.4, -0.2) is 35.1 Å². The maximum atomic E-state index is 13.1. The van der Waals surface area contributed by atoms with Gasteiger partial charge in [-0.2, -0.15) is 0 Å². The molecule has 31 heavy (non-hydrogen) atoms. The maximum absolute atomic E-state index is 13.1. The Morgan fingerprint density at radius 3 is 2.19 bits per heavy atom. The number of carbonyl (C=O) groups excluding carboxylic acids is 2. The SMILES string of the molecule is CC(C)CNC(=O)C(C)N(Cc1c(Cl)cccc1Cl)C(=O)CSCc1ccccc1Cl. The molecule has 8 heteroatoms. The van der Waals surface area contributed by atoms with Gasteiger partial charge in [-0.25, -0.2) is 0 Å². The number of hydrogen-bond donors (Lipinski definition) is 1. The van der Waals surface area contributed by atoms with E-state index in [1.807, 2.05) is 38.1 Å². The molecule has 0 aliphatic rings. The molecule has 2 rings (SSSR count). The summed E-state index contributed by atoms with van der Waals surface area (Å²) in [4.78, 5) is 27.4. The minimum Gasteiger partial charge on any atom is -0.354 e. The molecule has 0 heterocycles. The predicted molar refractivity (Wildman–Crippen MR) is 132 cm³/mol. The van der Waals surface area contributed by atoms with Crippen molar-refractivity contribution in [2.75, 3.05) is 12.3 Å². The summed E-state index contributed by atoms with van der Waals surface area (Å²) in [7, 11) is 0. The van der Waals surface area contributed by atoms with E-state index < -0.39 is 6.04 Å². The minimum atomic E-state index is -0.667. The lowest BCUT2D eigenvalue weighted by Gasteiger charge is -2.29. The lowest BCUT2D eigenvalue weighted by atomic mass is 10.1. The summed E-state index contributed by atoms with van der Waals surface area (Å²) in [5.41, 5.74) is 1.59. The lowest BCUT2D eigenvalue weighted by molar-refractivity contribution is -0.138. The molecule has 2 aromatic carbocycles. The standard InChI is InChI=1S/C23H27Cl3N2O2S/c1-15(2)11-27-23(30)16(3)28(12-18-20(25)9-6-10-21(18)26)22(29)14-31-13-17-7-4-5-8-19(17)24/h4-10,15-16H,11-14H2,1-3H3,(H,27,30). The first-order valence-corrected chi connectivity index (χ1v) is 12.3. The molecule has 168 valence electrons. The Morgan fingerprint density at radius 1 is 0.968 bits per heavy atom. The highest BCUT2D eigenvalue weighted by Crippen LogP contribution is 2.27. The molecule has 4 nitrogen and oxygen atoms in total. The second kappa shape index (κ2) is 12.6. The second-order valence-electron chi connectivity index (χ2n) is 7.62. The second-order valence-corrected chi connectivity index (χ2v) is 9.83. The van der Waals surface area contributed by atoms with Gasteiger partial charge in [0.1, 0.15) is 6.04 Å². The van der Waals surface area contributed by atoms with E-state index in [0.717, 1.165) is 5.56 Å². The van der Waals surface area contributed by atoms with Crippen LogP contribution in [-0.2, 0) is 21.9 Å². The summed E-state index contributed by atoms with van der Waals surface area (Å²) >= 11 is 20.3. The van der Waals surface area contributed by atoms with E-state index in [-0.39, 0.29) is 24.1 Å². The third-order valence-corrected chi connectivity index (χ3v) is 6.73. The average Bonchev–Trinajstić information content (AvgIpc) is 2.72. The van der Waals surface area contributed by atoms with E-state index >= 15 is 0 Å². The number of nitrogens with zero attached hydrogens (tertiary/aromatic N) is 1. The summed E-state index contributed by atoms with van der Waals surface area (Å²) in [5.74, 6) is 0.737. The van der Waals surface area contributed by atoms with Gasteiger partial charge in [-0.3, -0.25) is 9.59 Å². The normalized spacial score (nSPS) is 12.0. The van der Waals surface area contributed by atoms with Crippen molar-refractivity contribution in [1.29, 1.82) is 0 Å². The van der Waals surface area contributed by atoms with Gasteiger partial charge in [0.05, 0.1) is 5.75 Å². The third kappa shape index (κ3) is 7.90. The molecule has 1 atom stereocenters. The van der Waals surface area contributed by atoms with Gasteiger partial charge in [-0.15, -0.1) is 11.8 Å². The van der Waals surface area contributed by atoms with Crippen molar-refractivity contribution < 1.29 is 9.59 Å². The summed E-state index contributed by atoms with van der Waals surface area (Å²) in [5, 5.41) is 4.49. The Kier molecular flexibility index (Phi) is 10.5. The lowest BCUT2D eigenvalue weighted by Crippen LogP contribution is -2.48. The van der Waals surface area contributed by atoms with Crippen LogP contribution < -0.4 is 5.32 Å². The van der Waals surface area contributed by atoms with Gasteiger partial charge in [0.25, 0.3) is 0 Å². The molecule has 0 bridgehead atoms. The Balaban J connectivity index is 2.14. The molecule has 0 saturated carbocycles. The van der Waals surface area contributed by atoms with Crippen LogP contribution in [0.15, 0.2) is 42.5 Å². The molecule has 1 N–H and O–H groups in total. The topological polar surface area (TPSA) is 49.4 Å². The van der Waals surface area contributed by atoms with Gasteiger partial charge >= 0.3 is 0 Å². The van der Waals surface area contributed by atoms with Crippen LogP contribution in [0, 0.1) is 5.92 Å². The average molecular weight is 502 g/mol. The van der Waals surface area contributed by atoms with E-state index in [4.69, 9.17) is 34.8 Å². The molecule has 0 saturated heterocycles. The number of halogens is 3. The molecule has 0 aromatic heterocycles. The van der Waals surface area contributed by atoms with Crippen molar-refractivity contribution in [2.24, 2.45) is 5.92 Å². The van der Waals surface area contributed by atoms with Crippen LogP contribution in [0.3, 0.4) is 0 Å². The molecule has 0 spiro atoms. The zero-order chi connectivity index (χ0) is 23.0. The molecule has 0 radical (unpaired) electrons. The zero-order valence-corrected chi connectivity index (χ0v) is 20.9. The quantitative estimate of drug-likeness (QED) is 0.430. The van der Waals surface area contributed by atoms with Gasteiger partial charge in [0.15, 0.2) is 0 Å². The number of nitrogens with one attached hydrogen (secondary N) is 1. The van der Waals surface area contributed by atoms with E-state index in [0.29, 0.717) is 38.8 Å². The van der Waals surface area contributed by atoms with Crippen LogP contribution >= 0.6 is 46.6 Å². The molecular weight excluding hydrogens is 475 g/mol. The number of carbonyl (C=O) groups is 2. The predicted octanol–water partition coefficient (Wildman–Crippen LogP) is 6.07. The Morgan fingerprint density at radius 2 is 1.58 bits per heavy atom. The summed E-state index contributed by atoms with van der Waals surface area (Å²) in [6.07, 6.45) is 0. The van der Waals surface area contributed by atoms with Gasteiger partial charge in [-0.1, -0.05) is 72.9 Å². The van der Waals surface area contributed by atoms with Crippen molar-refractivity contribution in [3.63, 3.8) is 0 Å². The maximum Gasteiger partial charge on any atom is 0.242 e. The van der Waals surface area contributed by atoms with E-state index in [2.05, 4.69) is 5.32 Å². The molecule has 1 unspecified atom stereocenters. The molecule has 2 amide bonds. The number of thioether (sulfide) groups is 1. The summed E-state index contributed by atoms with van der Waals surface area (Å²) in [6, 6.07) is 12.1. The first kappa shape index (κ1) is 25.9. The van der Waals surface area contributed by atoms with Crippen LogP contribution in [0.1, 0.15) is 31.9 Å². The van der Waals surface area contributed by atoms with Gasteiger partial charge < -0.3 is 10.2 Å². The Hall–Kier alpha value is -1.40. The fourth-order valence-corrected chi connectivity index (χ4v) is 4.55. The van der Waals surface area contributed by atoms with Crippen LogP contribution in [0.4, 0.5) is 0 Å². The first-order valence-electron chi connectivity index (χ1n) is 10.0. The first-order chi connectivity index (χ1) is 14.7. The van der Waals surface area contributed by atoms with Crippen molar-refractivity contribution in [2.45, 2.75) is 39.1 Å². The van der Waals surface area contributed by atoms with Crippen LogP contribution in [0.25, 0.3) is 0 Å². The summed E-state index contributed by atoms with van der Waals surface area (Å²) in [6.45, 7) is 6.45. The van der Waals surface area contributed by atoms with Gasteiger partial charge in [0.2, 0.25) is 11.8 Å². The highest BCUT2D eigenvalue weighted by Gasteiger charge is 2.27. The Labute approximate surface area is 203 Å². The molecule has 0 fully saturated rings. The van der Waals surface area contributed by atoms with Crippen LogP contribution in [0.5, 0.6) is 0 Å². The summed E-state index contributed by atoms with van der Waals surface area (Å²) < 4.78 is 0. The van der Waals surface area contributed by atoms with E-state index in [1.54, 1.807) is 25.1 Å². The number of rotatable bonds is 10. The van der Waals surface area contributed by atoms with Gasteiger partial charge in [0, 0.05) is 39.5 Å². The minimum absolute atomic E-state index is 0.153. The molecule has 0 aliphatic carbocycles. The molecular formula is C23H27Cl3N2O2S. The fourth-order valence-electron chi connectivity index (χ4n) is 2.84. The van der Waals surface area contributed by atoms with Crippen molar-refractivity contribution in [3.8, 4) is 0 Å². The highest BCUT2D eigenvalue weighted by atomic mass is 35.5. The fraction of sp³-hybridized carbons (Fsp3) is 0.391. The largest absolute Gasteiger partial charge is 0.354 e. The Bertz CT molecular complexity index is 888. The van der Waals surface area contributed by atoms with Crippen molar-refractivity contribution in [1.82, 2.24) is 10.2 Å². The number of hydrogen-bond acceptors (Lipinski definition) is 3. The van der Waals surface area contributed by atoms with Crippen LogP contribution in [0.2, 0.25) is 15.1 Å². The highest BCUT2D eigenvalue weighted by molar-refractivity contribution is 7.99. The van der Waals surface area contributed by atoms with E-state index in [9.17, 15) is 9.59 Å². The third-order valence-electron chi connectivity index (χ3n) is 4.68. The number of benzene rings is 2. The molecule has 2 aromatic rings. The van der Waals surface area contributed by atoms with Crippen molar-refractivity contribution >= 4 is 58.4 Å². The van der Waals surface area contributed by atoms with Gasteiger partial charge in [-0.05, 0) is 36.6 Å². The smallest absolute Gasteiger partial charge is 0.242 e. The van der Waals surface area contributed by atoms with Crippen molar-refractivity contribution in [3.05, 3.63) is 68.7 Å². The van der Waals surface area contributed by atoms with E-state index in [1.165, 1.54) is 16.7 Å². The molecule has 0 aliphatic heterocycles. The number of amides is 2. The monoisotopic (exact) mass is 500 g/mol.